The van der Waals surface area contributed by atoms with Crippen LogP contribution in [-0.4, -0.2) is 36.9 Å². The van der Waals surface area contributed by atoms with Gasteiger partial charge in [0.15, 0.2) is 0 Å². The number of hydrogen-bond acceptors (Lipinski definition) is 3. The van der Waals surface area contributed by atoms with Crippen LogP contribution in [0.2, 0.25) is 0 Å². The van der Waals surface area contributed by atoms with Crippen molar-refractivity contribution in [2.24, 2.45) is 5.73 Å². The molecule has 0 aromatic heterocycles. The number of rotatable bonds is 6. The molecule has 0 aliphatic carbocycles. The first-order valence-electron chi connectivity index (χ1n) is 7.32. The van der Waals surface area contributed by atoms with E-state index in [1.165, 1.54) is 5.56 Å². The van der Waals surface area contributed by atoms with E-state index in [0.717, 1.165) is 5.75 Å². The van der Waals surface area contributed by atoms with E-state index >= 15 is 0 Å². The van der Waals surface area contributed by atoms with Crippen LogP contribution in [0.15, 0.2) is 48.5 Å². The molecule has 2 aromatic rings. The summed E-state index contributed by atoms with van der Waals surface area (Å²) in [5.74, 6) is 0.139. The highest BCUT2D eigenvalue weighted by atomic mass is 16.5. The number of amides is 2. The van der Waals surface area contributed by atoms with Gasteiger partial charge in [-0.2, -0.15) is 0 Å². The van der Waals surface area contributed by atoms with Crippen molar-refractivity contribution in [3.8, 4) is 5.75 Å². The molecule has 2 rings (SSSR count). The highest BCUT2D eigenvalue weighted by molar-refractivity contribution is 5.97. The second-order valence-corrected chi connectivity index (χ2v) is 5.33. The minimum Gasteiger partial charge on any atom is -0.492 e. The van der Waals surface area contributed by atoms with Crippen molar-refractivity contribution in [3.05, 3.63) is 65.2 Å². The Kier molecular flexibility index (Phi) is 5.36. The van der Waals surface area contributed by atoms with Gasteiger partial charge >= 0.3 is 0 Å². The molecule has 2 aromatic carbocycles. The van der Waals surface area contributed by atoms with E-state index in [-0.39, 0.29) is 5.91 Å². The third kappa shape index (κ3) is 4.57. The zero-order chi connectivity index (χ0) is 16.8. The molecule has 0 atom stereocenters. The van der Waals surface area contributed by atoms with Crippen molar-refractivity contribution in [2.75, 3.05) is 20.2 Å². The van der Waals surface area contributed by atoms with Gasteiger partial charge in [-0.25, -0.2) is 0 Å². The predicted octanol–water partition coefficient (Wildman–Crippen LogP) is 2.24. The maximum absolute atomic E-state index is 12.3. The minimum atomic E-state index is -0.510. The number of nitrogens with zero attached hydrogens (tertiary/aromatic N) is 1. The number of benzene rings is 2. The van der Waals surface area contributed by atoms with Crippen LogP contribution in [0.1, 0.15) is 26.3 Å². The van der Waals surface area contributed by atoms with Crippen molar-refractivity contribution in [1.29, 1.82) is 0 Å². The van der Waals surface area contributed by atoms with Crippen molar-refractivity contribution in [1.82, 2.24) is 4.90 Å². The van der Waals surface area contributed by atoms with Gasteiger partial charge in [0.05, 0.1) is 6.54 Å². The van der Waals surface area contributed by atoms with E-state index in [0.29, 0.717) is 24.3 Å². The quantitative estimate of drug-likeness (QED) is 0.889. The highest BCUT2D eigenvalue weighted by Gasteiger charge is 2.12. The largest absolute Gasteiger partial charge is 0.492 e. The number of carbonyl (C=O) groups excluding carboxylic acids is 2. The summed E-state index contributed by atoms with van der Waals surface area (Å²) < 4.78 is 5.61. The van der Waals surface area contributed by atoms with Crippen LogP contribution in [0, 0.1) is 6.92 Å². The monoisotopic (exact) mass is 312 g/mol. The van der Waals surface area contributed by atoms with Crippen LogP contribution in [0.25, 0.3) is 0 Å². The lowest BCUT2D eigenvalue weighted by Gasteiger charge is -2.17. The average Bonchev–Trinajstić information content (AvgIpc) is 2.56. The van der Waals surface area contributed by atoms with Crippen LogP contribution >= 0.6 is 0 Å². The topological polar surface area (TPSA) is 72.6 Å². The zero-order valence-electron chi connectivity index (χ0n) is 13.3. The molecule has 0 saturated heterocycles. The van der Waals surface area contributed by atoms with E-state index in [1.54, 1.807) is 36.2 Å². The molecule has 0 radical (unpaired) electrons. The molecule has 0 bridgehead atoms. The first-order valence-corrected chi connectivity index (χ1v) is 7.32. The second-order valence-electron chi connectivity index (χ2n) is 5.33. The van der Waals surface area contributed by atoms with Crippen LogP contribution in [-0.2, 0) is 0 Å². The van der Waals surface area contributed by atoms with E-state index in [2.05, 4.69) is 0 Å². The van der Waals surface area contributed by atoms with Crippen LogP contribution < -0.4 is 10.5 Å². The van der Waals surface area contributed by atoms with Gasteiger partial charge in [0.1, 0.15) is 12.4 Å². The van der Waals surface area contributed by atoms with E-state index < -0.39 is 5.91 Å². The van der Waals surface area contributed by atoms with Gasteiger partial charge in [-0.15, -0.1) is 0 Å². The summed E-state index contributed by atoms with van der Waals surface area (Å²) in [4.78, 5) is 24.9. The normalized spacial score (nSPS) is 10.2. The lowest BCUT2D eigenvalue weighted by atomic mass is 10.1. The molecule has 120 valence electrons. The molecule has 0 heterocycles. The lowest BCUT2D eigenvalue weighted by molar-refractivity contribution is 0.0773. The van der Waals surface area contributed by atoms with Gasteiger partial charge in [-0.1, -0.05) is 17.7 Å². The molecule has 0 aliphatic rings. The Hall–Kier alpha value is -2.82. The molecule has 0 aliphatic heterocycles. The second kappa shape index (κ2) is 7.45. The number of nitrogens with two attached hydrogens (primary N) is 1. The Balaban J connectivity index is 1.87. The number of carbonyl (C=O) groups is 2. The minimum absolute atomic E-state index is 0.131. The van der Waals surface area contributed by atoms with Gasteiger partial charge in [0.2, 0.25) is 5.91 Å². The molecule has 2 amide bonds. The highest BCUT2D eigenvalue weighted by Crippen LogP contribution is 2.11. The van der Waals surface area contributed by atoms with Gasteiger partial charge in [-0.05, 0) is 43.3 Å². The maximum Gasteiger partial charge on any atom is 0.253 e. The molecule has 5 heteroatoms. The lowest BCUT2D eigenvalue weighted by Crippen LogP contribution is -2.30. The van der Waals surface area contributed by atoms with Crippen LogP contribution in [0.3, 0.4) is 0 Å². The molecule has 0 fully saturated rings. The Morgan fingerprint density at radius 1 is 1.00 bits per heavy atom. The molecule has 0 unspecified atom stereocenters. The van der Waals surface area contributed by atoms with E-state index in [1.807, 2.05) is 31.2 Å². The summed E-state index contributed by atoms with van der Waals surface area (Å²) in [5, 5.41) is 0. The Bertz CT molecular complexity index is 678. The van der Waals surface area contributed by atoms with Crippen molar-refractivity contribution >= 4 is 11.8 Å². The van der Waals surface area contributed by atoms with E-state index in [9.17, 15) is 9.59 Å². The van der Waals surface area contributed by atoms with E-state index in [4.69, 9.17) is 10.5 Å². The summed E-state index contributed by atoms with van der Waals surface area (Å²) >= 11 is 0. The summed E-state index contributed by atoms with van der Waals surface area (Å²) in [5.41, 5.74) is 7.24. The van der Waals surface area contributed by atoms with Crippen molar-refractivity contribution < 1.29 is 14.3 Å². The molecular weight excluding hydrogens is 292 g/mol. The van der Waals surface area contributed by atoms with Crippen molar-refractivity contribution in [3.63, 3.8) is 0 Å². The molecule has 23 heavy (non-hydrogen) atoms. The zero-order valence-corrected chi connectivity index (χ0v) is 13.3. The smallest absolute Gasteiger partial charge is 0.253 e. The third-order valence-electron chi connectivity index (χ3n) is 3.48. The standard InChI is InChI=1S/C18H20N2O3/c1-13-3-9-16(10-4-13)23-12-11-20(2)18(22)15-7-5-14(6-8-15)17(19)21/h3-10H,11-12H2,1-2H3,(H2,19,21). The maximum atomic E-state index is 12.3. The molecule has 0 spiro atoms. The van der Waals surface area contributed by atoms with Crippen LogP contribution in [0.5, 0.6) is 5.75 Å². The number of ether oxygens (including phenoxy) is 1. The first kappa shape index (κ1) is 16.5. The van der Waals surface area contributed by atoms with Gasteiger partial charge in [0, 0.05) is 18.2 Å². The Morgan fingerprint density at radius 2 is 1.57 bits per heavy atom. The summed E-state index contributed by atoms with van der Waals surface area (Å²) in [6.45, 7) is 2.88. The first-order chi connectivity index (χ1) is 11.0. The van der Waals surface area contributed by atoms with Crippen LogP contribution in [0.4, 0.5) is 0 Å². The van der Waals surface area contributed by atoms with Gasteiger partial charge < -0.3 is 15.4 Å². The summed E-state index contributed by atoms with van der Waals surface area (Å²) in [6.07, 6.45) is 0. The average molecular weight is 312 g/mol. The Labute approximate surface area is 135 Å². The Morgan fingerprint density at radius 3 is 2.13 bits per heavy atom. The summed E-state index contributed by atoms with van der Waals surface area (Å²) in [6, 6.07) is 14.0. The molecule has 5 nitrogen and oxygen atoms in total. The third-order valence-corrected chi connectivity index (χ3v) is 3.48. The fraction of sp³-hybridized carbons (Fsp3) is 0.222. The number of aryl methyl sites for hydroxylation is 1. The molecule has 0 saturated carbocycles. The van der Waals surface area contributed by atoms with Gasteiger partial charge in [-0.3, -0.25) is 9.59 Å². The fourth-order valence-electron chi connectivity index (χ4n) is 2.03. The SMILES string of the molecule is Cc1ccc(OCCN(C)C(=O)c2ccc(C(N)=O)cc2)cc1. The number of likely N-dealkylation sites (N-methyl/N-ethyl adjacent to an activating group) is 1. The number of primary amides is 1. The molecular formula is C18H20N2O3. The summed E-state index contributed by atoms with van der Waals surface area (Å²) in [7, 11) is 1.71. The van der Waals surface area contributed by atoms with Gasteiger partial charge in [0.25, 0.3) is 5.91 Å². The fourth-order valence-corrected chi connectivity index (χ4v) is 2.03. The van der Waals surface area contributed by atoms with Crippen molar-refractivity contribution in [2.45, 2.75) is 6.92 Å². The number of hydrogen-bond donors (Lipinski definition) is 1. The molecule has 2 N–H and O–H groups in total. The predicted molar refractivity (Wildman–Crippen MR) is 88.6 cm³/mol.